The molecular formula is C11H7ClFN3O. The predicted octanol–water partition coefficient (Wildman–Crippen LogP) is 2.52. The fourth-order valence-corrected chi connectivity index (χ4v) is 1.35. The molecule has 0 aliphatic rings. The molecule has 1 N–H and O–H groups in total. The average molecular weight is 252 g/mol. The van der Waals surface area contributed by atoms with Crippen LogP contribution in [-0.2, 0) is 0 Å². The number of carbonyl (C=O) groups is 1. The second-order valence-electron chi connectivity index (χ2n) is 3.16. The quantitative estimate of drug-likeness (QED) is 0.835. The summed E-state index contributed by atoms with van der Waals surface area (Å²) >= 11 is 5.72. The van der Waals surface area contributed by atoms with Crippen molar-refractivity contribution in [2.24, 2.45) is 0 Å². The minimum atomic E-state index is -0.665. The van der Waals surface area contributed by atoms with Crippen molar-refractivity contribution >= 4 is 23.3 Å². The van der Waals surface area contributed by atoms with Crippen LogP contribution in [-0.4, -0.2) is 15.9 Å². The van der Waals surface area contributed by atoms with Crippen LogP contribution in [0.25, 0.3) is 0 Å². The van der Waals surface area contributed by atoms with Crippen molar-refractivity contribution in [3.63, 3.8) is 0 Å². The molecule has 0 spiro atoms. The summed E-state index contributed by atoms with van der Waals surface area (Å²) in [6, 6.07) is 7.08. The van der Waals surface area contributed by atoms with E-state index in [-0.39, 0.29) is 11.5 Å². The molecule has 0 aliphatic carbocycles. The molecule has 0 unspecified atom stereocenters. The van der Waals surface area contributed by atoms with Gasteiger partial charge < -0.3 is 5.32 Å². The molecule has 2 heterocycles. The van der Waals surface area contributed by atoms with Crippen molar-refractivity contribution < 1.29 is 9.18 Å². The number of rotatable bonds is 2. The van der Waals surface area contributed by atoms with Crippen LogP contribution in [0.3, 0.4) is 0 Å². The Morgan fingerprint density at radius 3 is 2.88 bits per heavy atom. The Morgan fingerprint density at radius 1 is 1.35 bits per heavy atom. The van der Waals surface area contributed by atoms with Gasteiger partial charge in [0.15, 0.2) is 0 Å². The zero-order chi connectivity index (χ0) is 12.3. The lowest BCUT2D eigenvalue weighted by Gasteiger charge is -2.03. The second kappa shape index (κ2) is 4.88. The largest absolute Gasteiger partial charge is 0.305 e. The third-order valence-electron chi connectivity index (χ3n) is 1.91. The number of nitrogens with zero attached hydrogens (tertiary/aromatic N) is 2. The van der Waals surface area contributed by atoms with Crippen LogP contribution in [0.2, 0.25) is 5.02 Å². The Morgan fingerprint density at radius 2 is 2.18 bits per heavy atom. The van der Waals surface area contributed by atoms with Gasteiger partial charge >= 0.3 is 0 Å². The van der Waals surface area contributed by atoms with E-state index in [1.165, 1.54) is 30.5 Å². The molecule has 0 bridgehead atoms. The molecule has 86 valence electrons. The van der Waals surface area contributed by atoms with Crippen LogP contribution in [0.5, 0.6) is 0 Å². The van der Waals surface area contributed by atoms with Crippen molar-refractivity contribution in [3.8, 4) is 0 Å². The molecular weight excluding hydrogens is 245 g/mol. The minimum absolute atomic E-state index is 0.122. The lowest BCUT2D eigenvalue weighted by Crippen LogP contribution is -2.14. The third-order valence-corrected chi connectivity index (χ3v) is 2.15. The fraction of sp³-hybridized carbons (Fsp3) is 0. The molecule has 2 rings (SSSR count). The van der Waals surface area contributed by atoms with Gasteiger partial charge in [-0.15, -0.1) is 0 Å². The zero-order valence-electron chi connectivity index (χ0n) is 8.52. The number of amides is 1. The van der Waals surface area contributed by atoms with Crippen molar-refractivity contribution in [2.75, 3.05) is 5.32 Å². The molecule has 0 aromatic carbocycles. The number of hydrogen-bond donors (Lipinski definition) is 1. The van der Waals surface area contributed by atoms with Gasteiger partial charge in [-0.3, -0.25) is 9.78 Å². The number of hydrogen-bond acceptors (Lipinski definition) is 3. The highest BCUT2D eigenvalue weighted by Gasteiger charge is 2.08. The van der Waals surface area contributed by atoms with Crippen LogP contribution in [0.15, 0.2) is 36.5 Å². The summed E-state index contributed by atoms with van der Waals surface area (Å²) in [7, 11) is 0. The van der Waals surface area contributed by atoms with Gasteiger partial charge in [-0.05, 0) is 24.3 Å². The van der Waals surface area contributed by atoms with E-state index < -0.39 is 11.9 Å². The molecule has 0 radical (unpaired) electrons. The maximum absolute atomic E-state index is 12.8. The fourth-order valence-electron chi connectivity index (χ4n) is 1.19. The van der Waals surface area contributed by atoms with Gasteiger partial charge in [0, 0.05) is 11.2 Å². The lowest BCUT2D eigenvalue weighted by molar-refractivity contribution is 0.102. The molecule has 1 amide bonds. The van der Waals surface area contributed by atoms with E-state index in [1.54, 1.807) is 6.07 Å². The Bertz CT molecular complexity index is 562. The standard InChI is InChI=1S/C11H7ClFN3O/c12-7-4-5-14-8(6-7)11(17)16-10-3-1-2-9(13)15-10/h1-6H,(H,15,16,17). The Hall–Kier alpha value is -2.01. The van der Waals surface area contributed by atoms with Crippen LogP contribution < -0.4 is 5.32 Å². The van der Waals surface area contributed by atoms with E-state index >= 15 is 0 Å². The Balaban J connectivity index is 2.17. The van der Waals surface area contributed by atoms with Gasteiger partial charge in [0.05, 0.1) is 0 Å². The molecule has 0 saturated heterocycles. The third kappa shape index (κ3) is 2.98. The number of anilines is 1. The number of nitrogens with one attached hydrogen (secondary N) is 1. The van der Waals surface area contributed by atoms with Gasteiger partial charge in [-0.1, -0.05) is 17.7 Å². The first-order valence-corrected chi connectivity index (χ1v) is 5.08. The molecule has 2 aromatic rings. The van der Waals surface area contributed by atoms with E-state index in [0.29, 0.717) is 5.02 Å². The topological polar surface area (TPSA) is 54.9 Å². The Labute approximate surface area is 101 Å². The molecule has 17 heavy (non-hydrogen) atoms. The van der Waals surface area contributed by atoms with Gasteiger partial charge in [-0.25, -0.2) is 4.98 Å². The van der Waals surface area contributed by atoms with Crippen molar-refractivity contribution in [3.05, 3.63) is 53.2 Å². The van der Waals surface area contributed by atoms with Gasteiger partial charge in [0.2, 0.25) is 5.95 Å². The first-order valence-electron chi connectivity index (χ1n) is 4.70. The Kier molecular flexibility index (Phi) is 3.30. The van der Waals surface area contributed by atoms with Crippen LogP contribution in [0, 0.1) is 5.95 Å². The number of pyridine rings is 2. The normalized spacial score (nSPS) is 10.0. The van der Waals surface area contributed by atoms with Crippen LogP contribution in [0.4, 0.5) is 10.2 Å². The summed E-state index contributed by atoms with van der Waals surface area (Å²) in [5, 5.41) is 2.82. The van der Waals surface area contributed by atoms with Crippen molar-refractivity contribution in [2.45, 2.75) is 0 Å². The van der Waals surface area contributed by atoms with E-state index in [2.05, 4.69) is 15.3 Å². The highest BCUT2D eigenvalue weighted by molar-refractivity contribution is 6.30. The zero-order valence-corrected chi connectivity index (χ0v) is 9.28. The van der Waals surface area contributed by atoms with Crippen molar-refractivity contribution in [1.29, 1.82) is 0 Å². The smallest absolute Gasteiger partial charge is 0.275 e. The van der Waals surface area contributed by atoms with E-state index in [1.807, 2.05) is 0 Å². The van der Waals surface area contributed by atoms with Crippen LogP contribution in [0.1, 0.15) is 10.5 Å². The maximum Gasteiger partial charge on any atom is 0.275 e. The summed E-state index contributed by atoms with van der Waals surface area (Å²) in [4.78, 5) is 19.0. The van der Waals surface area contributed by atoms with E-state index in [9.17, 15) is 9.18 Å². The SMILES string of the molecule is O=C(Nc1cccc(F)n1)c1cc(Cl)ccn1. The summed E-state index contributed by atoms with van der Waals surface area (Å²) in [6.07, 6.45) is 1.41. The van der Waals surface area contributed by atoms with Gasteiger partial charge in [0.1, 0.15) is 11.5 Å². The molecule has 0 atom stereocenters. The number of aromatic nitrogens is 2. The molecule has 0 fully saturated rings. The molecule has 6 heteroatoms. The predicted molar refractivity (Wildman–Crippen MR) is 61.4 cm³/mol. The first kappa shape index (κ1) is 11.5. The summed E-state index contributed by atoms with van der Waals surface area (Å²) < 4.78 is 12.8. The molecule has 0 saturated carbocycles. The summed E-state index contributed by atoms with van der Waals surface area (Å²) in [6.45, 7) is 0. The summed E-state index contributed by atoms with van der Waals surface area (Å²) in [5.41, 5.74) is 0.142. The number of carbonyl (C=O) groups excluding carboxylic acids is 1. The number of halogens is 2. The van der Waals surface area contributed by atoms with Crippen LogP contribution >= 0.6 is 11.6 Å². The minimum Gasteiger partial charge on any atom is -0.305 e. The lowest BCUT2D eigenvalue weighted by atomic mass is 10.3. The summed E-state index contributed by atoms with van der Waals surface area (Å²) in [5.74, 6) is -1.04. The maximum atomic E-state index is 12.8. The molecule has 2 aromatic heterocycles. The average Bonchev–Trinajstić information content (AvgIpc) is 2.29. The van der Waals surface area contributed by atoms with Gasteiger partial charge in [-0.2, -0.15) is 4.39 Å². The van der Waals surface area contributed by atoms with E-state index in [4.69, 9.17) is 11.6 Å². The monoisotopic (exact) mass is 251 g/mol. The molecule has 0 aliphatic heterocycles. The highest BCUT2D eigenvalue weighted by Crippen LogP contribution is 2.10. The van der Waals surface area contributed by atoms with E-state index in [0.717, 1.165) is 0 Å². The first-order chi connectivity index (χ1) is 8.15. The second-order valence-corrected chi connectivity index (χ2v) is 3.60. The molecule has 4 nitrogen and oxygen atoms in total. The van der Waals surface area contributed by atoms with Crippen molar-refractivity contribution in [1.82, 2.24) is 9.97 Å². The van der Waals surface area contributed by atoms with Gasteiger partial charge in [0.25, 0.3) is 5.91 Å². The highest BCUT2D eigenvalue weighted by atomic mass is 35.5.